The van der Waals surface area contributed by atoms with E-state index in [2.05, 4.69) is 19.9 Å². The molecule has 0 bridgehead atoms. The number of hydrogen-bond acceptors (Lipinski definition) is 5. The van der Waals surface area contributed by atoms with E-state index in [0.717, 1.165) is 28.0 Å². The van der Waals surface area contributed by atoms with Gasteiger partial charge >= 0.3 is 0 Å². The van der Waals surface area contributed by atoms with Gasteiger partial charge in [-0.05, 0) is 24.3 Å². The summed E-state index contributed by atoms with van der Waals surface area (Å²) < 4.78 is 5.48. The minimum Gasteiger partial charge on any atom is -0.441 e. The molecule has 4 aromatic heterocycles. The topological polar surface area (TPSA) is 64.7 Å². The van der Waals surface area contributed by atoms with E-state index in [0.29, 0.717) is 5.58 Å². The van der Waals surface area contributed by atoms with Crippen LogP contribution in [0.15, 0.2) is 65.9 Å². The molecule has 0 aromatic carbocycles. The van der Waals surface area contributed by atoms with Gasteiger partial charge in [-0.15, -0.1) is 0 Å². The molecular weight excluding hydrogens is 264 g/mol. The Hall–Kier alpha value is -3.08. The lowest BCUT2D eigenvalue weighted by molar-refractivity contribution is 0.602. The van der Waals surface area contributed by atoms with Crippen LogP contribution in [0.4, 0.5) is 0 Å². The maximum Gasteiger partial charge on any atom is 0.182 e. The van der Waals surface area contributed by atoms with E-state index >= 15 is 0 Å². The van der Waals surface area contributed by atoms with Crippen LogP contribution in [0.25, 0.3) is 33.6 Å². The van der Waals surface area contributed by atoms with Gasteiger partial charge < -0.3 is 4.42 Å². The fourth-order valence-corrected chi connectivity index (χ4v) is 2.31. The summed E-state index contributed by atoms with van der Waals surface area (Å²) in [5, 5.41) is 0. The summed E-state index contributed by atoms with van der Waals surface area (Å²) in [6.45, 7) is 0. The Morgan fingerprint density at radius 3 is 2.71 bits per heavy atom. The Bertz CT molecular complexity index is 902. The van der Waals surface area contributed by atoms with Gasteiger partial charge in [0.25, 0.3) is 0 Å². The van der Waals surface area contributed by atoms with E-state index in [1.807, 2.05) is 30.3 Å². The fraction of sp³-hybridized carbons (Fsp3) is 0. The number of aromatic nitrogens is 4. The summed E-state index contributed by atoms with van der Waals surface area (Å²) in [5.74, 6) is 0. The summed E-state index contributed by atoms with van der Waals surface area (Å²) in [5.41, 5.74) is 4.87. The molecule has 100 valence electrons. The highest BCUT2D eigenvalue weighted by Crippen LogP contribution is 2.32. The molecule has 4 heterocycles. The lowest BCUT2D eigenvalue weighted by Gasteiger charge is -2.07. The Kier molecular flexibility index (Phi) is 2.67. The van der Waals surface area contributed by atoms with Crippen LogP contribution in [0.1, 0.15) is 0 Å². The highest BCUT2D eigenvalue weighted by atomic mass is 16.3. The van der Waals surface area contributed by atoms with Crippen molar-refractivity contribution in [3.63, 3.8) is 0 Å². The Morgan fingerprint density at radius 1 is 0.810 bits per heavy atom. The number of oxazole rings is 1. The van der Waals surface area contributed by atoms with Gasteiger partial charge in [0.15, 0.2) is 12.0 Å². The zero-order chi connectivity index (χ0) is 14.1. The summed E-state index contributed by atoms with van der Waals surface area (Å²) in [6.07, 6.45) is 8.43. The van der Waals surface area contributed by atoms with Gasteiger partial charge in [0.2, 0.25) is 0 Å². The minimum absolute atomic E-state index is 0.667. The van der Waals surface area contributed by atoms with Crippen molar-refractivity contribution in [2.24, 2.45) is 0 Å². The maximum atomic E-state index is 5.48. The van der Waals surface area contributed by atoms with Crippen molar-refractivity contribution in [2.45, 2.75) is 0 Å². The third kappa shape index (κ3) is 1.95. The van der Waals surface area contributed by atoms with Crippen molar-refractivity contribution < 1.29 is 4.42 Å². The number of fused-ring (bicyclic) bond motifs is 1. The summed E-state index contributed by atoms with van der Waals surface area (Å²) in [4.78, 5) is 17.2. The molecular formula is C16H10N4O. The molecule has 4 rings (SSSR count). The molecule has 0 aliphatic heterocycles. The largest absolute Gasteiger partial charge is 0.441 e. The molecule has 0 fully saturated rings. The van der Waals surface area contributed by atoms with Crippen molar-refractivity contribution in [3.8, 4) is 22.5 Å². The maximum absolute atomic E-state index is 5.48. The third-order valence-corrected chi connectivity index (χ3v) is 3.26. The van der Waals surface area contributed by atoms with Crippen molar-refractivity contribution in [2.75, 3.05) is 0 Å². The highest BCUT2D eigenvalue weighted by molar-refractivity contribution is 5.92. The summed E-state index contributed by atoms with van der Waals surface area (Å²) >= 11 is 0. The lowest BCUT2D eigenvalue weighted by atomic mass is 10.0. The minimum atomic E-state index is 0.667. The number of hydrogen-bond donors (Lipinski definition) is 0. The summed E-state index contributed by atoms with van der Waals surface area (Å²) in [7, 11) is 0. The van der Waals surface area contributed by atoms with Crippen LogP contribution in [-0.4, -0.2) is 19.9 Å². The molecule has 0 aliphatic carbocycles. The molecule has 0 amide bonds. The van der Waals surface area contributed by atoms with E-state index in [9.17, 15) is 0 Å². The van der Waals surface area contributed by atoms with Crippen LogP contribution in [0.2, 0.25) is 0 Å². The molecule has 5 nitrogen and oxygen atoms in total. The normalized spacial score (nSPS) is 10.9. The Labute approximate surface area is 120 Å². The van der Waals surface area contributed by atoms with E-state index < -0.39 is 0 Å². The zero-order valence-electron chi connectivity index (χ0n) is 11.0. The van der Waals surface area contributed by atoms with E-state index in [1.165, 1.54) is 6.39 Å². The third-order valence-electron chi connectivity index (χ3n) is 3.26. The molecule has 0 atom stereocenters. The van der Waals surface area contributed by atoms with Gasteiger partial charge in [0.05, 0.1) is 5.69 Å². The second kappa shape index (κ2) is 4.79. The average Bonchev–Trinajstić information content (AvgIpc) is 3.04. The molecule has 0 radical (unpaired) electrons. The summed E-state index contributed by atoms with van der Waals surface area (Å²) in [6, 6.07) is 9.51. The van der Waals surface area contributed by atoms with Gasteiger partial charge in [-0.2, -0.15) is 0 Å². The average molecular weight is 274 g/mol. The number of pyridine rings is 3. The second-order valence-corrected chi connectivity index (χ2v) is 4.50. The highest BCUT2D eigenvalue weighted by Gasteiger charge is 2.14. The smallest absolute Gasteiger partial charge is 0.182 e. The molecule has 0 aliphatic rings. The van der Waals surface area contributed by atoms with E-state index in [1.54, 1.807) is 24.8 Å². The first-order valence-electron chi connectivity index (χ1n) is 6.47. The molecule has 5 heteroatoms. The van der Waals surface area contributed by atoms with Crippen LogP contribution < -0.4 is 0 Å². The Morgan fingerprint density at radius 2 is 1.81 bits per heavy atom. The van der Waals surface area contributed by atoms with Gasteiger partial charge in [0, 0.05) is 35.9 Å². The monoisotopic (exact) mass is 274 g/mol. The standard InChI is InChI=1S/C16H10N4O/c1-2-6-18-13(3-1)12-9-17-7-4-11(12)15-16-14(5-8-19-15)20-10-21-16/h1-10H. The van der Waals surface area contributed by atoms with Crippen LogP contribution in [0.3, 0.4) is 0 Å². The SMILES string of the molecule is c1ccc(-c2cnccc2-c2nccc3ncoc23)nc1. The van der Waals surface area contributed by atoms with E-state index in [4.69, 9.17) is 4.42 Å². The molecule has 0 saturated heterocycles. The first-order chi connectivity index (χ1) is 10.4. The van der Waals surface area contributed by atoms with Gasteiger partial charge in [-0.25, -0.2) is 4.98 Å². The van der Waals surface area contributed by atoms with Crippen molar-refractivity contribution in [3.05, 3.63) is 61.5 Å². The number of rotatable bonds is 2. The van der Waals surface area contributed by atoms with Crippen LogP contribution in [0, 0.1) is 0 Å². The van der Waals surface area contributed by atoms with Gasteiger partial charge in [-0.3, -0.25) is 15.0 Å². The lowest BCUT2D eigenvalue weighted by Crippen LogP contribution is -1.91. The van der Waals surface area contributed by atoms with Gasteiger partial charge in [0.1, 0.15) is 11.2 Å². The van der Waals surface area contributed by atoms with Crippen LogP contribution in [-0.2, 0) is 0 Å². The predicted molar refractivity (Wildman–Crippen MR) is 78.3 cm³/mol. The van der Waals surface area contributed by atoms with Crippen molar-refractivity contribution in [1.82, 2.24) is 19.9 Å². The second-order valence-electron chi connectivity index (χ2n) is 4.50. The first kappa shape index (κ1) is 11.7. The van der Waals surface area contributed by atoms with Crippen LogP contribution in [0.5, 0.6) is 0 Å². The quantitative estimate of drug-likeness (QED) is 0.561. The molecule has 21 heavy (non-hydrogen) atoms. The van der Waals surface area contributed by atoms with E-state index in [-0.39, 0.29) is 0 Å². The van der Waals surface area contributed by atoms with Crippen LogP contribution >= 0.6 is 0 Å². The molecule has 0 N–H and O–H groups in total. The first-order valence-corrected chi connectivity index (χ1v) is 6.47. The fourth-order valence-electron chi connectivity index (χ4n) is 2.31. The van der Waals surface area contributed by atoms with Crippen molar-refractivity contribution >= 4 is 11.1 Å². The Balaban J connectivity index is 2.00. The molecule has 0 saturated carbocycles. The zero-order valence-corrected chi connectivity index (χ0v) is 11.0. The predicted octanol–water partition coefficient (Wildman–Crippen LogP) is 3.35. The molecule has 4 aromatic rings. The number of nitrogens with zero attached hydrogens (tertiary/aromatic N) is 4. The van der Waals surface area contributed by atoms with Gasteiger partial charge in [-0.1, -0.05) is 6.07 Å². The van der Waals surface area contributed by atoms with Crippen molar-refractivity contribution in [1.29, 1.82) is 0 Å². The molecule has 0 spiro atoms. The molecule has 0 unspecified atom stereocenters.